The van der Waals surface area contributed by atoms with Crippen molar-refractivity contribution in [3.63, 3.8) is 0 Å². The molecule has 0 aliphatic rings. The van der Waals surface area contributed by atoms with Gasteiger partial charge in [0.25, 0.3) is 4.92 Å². The lowest BCUT2D eigenvalue weighted by Gasteiger charge is -2.14. The Morgan fingerprint density at radius 1 is 1.46 bits per heavy atom. The van der Waals surface area contributed by atoms with Crippen LogP contribution in [-0.2, 0) is 4.57 Å². The van der Waals surface area contributed by atoms with Crippen molar-refractivity contribution >= 4 is 18.6 Å². The Kier molecular flexibility index (Phi) is 2.47. The molecule has 0 saturated heterocycles. The van der Waals surface area contributed by atoms with E-state index >= 15 is 0 Å². The molecule has 0 bridgehead atoms. The van der Waals surface area contributed by atoms with Gasteiger partial charge in [0.05, 0.1) is 4.91 Å². The van der Waals surface area contributed by atoms with Crippen molar-refractivity contribution in [1.29, 1.82) is 0 Å². The third-order valence-corrected chi connectivity index (χ3v) is 2.31. The molecule has 1 atom stereocenters. The predicted octanol–water partition coefficient (Wildman–Crippen LogP) is -0.343. The Balaban J connectivity index is 3.21. The molecule has 0 saturated carbocycles. The molecule has 70 valence electrons. The van der Waals surface area contributed by atoms with Gasteiger partial charge in [0.15, 0.2) is 7.60 Å². The molecule has 1 rings (SSSR count). The summed E-state index contributed by atoms with van der Waals surface area (Å²) in [7, 11) is -4.61. The largest absolute Gasteiger partial charge is 0.775 e. The van der Waals surface area contributed by atoms with Gasteiger partial charge in [0.1, 0.15) is 0 Å². The summed E-state index contributed by atoms with van der Waals surface area (Å²) in [5.41, 5.74) is -0.261. The molecule has 1 aromatic rings. The van der Waals surface area contributed by atoms with E-state index in [-0.39, 0.29) is 5.69 Å². The smallest absolute Gasteiger partial charge is 0.317 e. The second-order valence-electron chi connectivity index (χ2n) is 2.31. The Morgan fingerprint density at radius 2 is 2.08 bits per heavy atom. The molecule has 2 N–H and O–H groups in total. The number of rotatable bonds is 2. The van der Waals surface area contributed by atoms with Gasteiger partial charge in [-0.15, -0.1) is 0 Å². The van der Waals surface area contributed by atoms with Crippen molar-refractivity contribution in [2.24, 2.45) is 0 Å². The van der Waals surface area contributed by atoms with Crippen LogP contribution in [0.15, 0.2) is 24.3 Å². The van der Waals surface area contributed by atoms with Gasteiger partial charge in [-0.3, -0.25) is 0 Å². The molecule has 0 aliphatic heterocycles. The molecule has 0 amide bonds. The lowest BCUT2D eigenvalue weighted by molar-refractivity contribution is -0.729. The Labute approximate surface area is 73.1 Å². The average molecular weight is 203 g/mol. The molecule has 0 aromatic heterocycles. The maximum Gasteiger partial charge on any atom is 0.317 e. The van der Waals surface area contributed by atoms with Crippen molar-refractivity contribution < 1.29 is 24.5 Å². The minimum absolute atomic E-state index is 0.261. The second kappa shape index (κ2) is 3.26. The fraction of sp³-hybridized carbons (Fsp3) is 0. The summed E-state index contributed by atoms with van der Waals surface area (Å²) >= 11 is 0. The average Bonchev–Trinajstić information content (AvgIpc) is 2.03. The van der Waals surface area contributed by atoms with Crippen LogP contribution in [0.5, 0.6) is 0 Å². The van der Waals surface area contributed by atoms with Gasteiger partial charge in [-0.2, -0.15) is 0 Å². The van der Waals surface area contributed by atoms with Crippen LogP contribution in [0.4, 0.5) is 5.69 Å². The molecule has 0 radical (unpaired) electrons. The van der Waals surface area contributed by atoms with Gasteiger partial charge in [-0.05, 0) is 6.07 Å². The Bertz CT molecular complexity index is 384. The van der Waals surface area contributed by atoms with Crippen molar-refractivity contribution in [3.8, 4) is 0 Å². The first-order valence-corrected chi connectivity index (χ1v) is 4.79. The lowest BCUT2D eigenvalue weighted by atomic mass is 10.3. The zero-order valence-electron chi connectivity index (χ0n) is 6.32. The molecule has 0 fully saturated rings. The van der Waals surface area contributed by atoms with Gasteiger partial charge in [-0.1, -0.05) is 6.07 Å². The topological polar surface area (TPSA) is 101 Å². The molecule has 1 unspecified atom stereocenters. The van der Waals surface area contributed by atoms with E-state index in [1.54, 1.807) is 0 Å². The van der Waals surface area contributed by atoms with Crippen molar-refractivity contribution in [2.45, 2.75) is 0 Å². The summed E-state index contributed by atoms with van der Waals surface area (Å²) in [6, 6.07) is 4.40. The molecule has 1 aromatic carbocycles. The first-order valence-electron chi connectivity index (χ1n) is 3.22. The van der Waals surface area contributed by atoms with Gasteiger partial charge >= 0.3 is 5.69 Å². The Morgan fingerprint density at radius 3 is 2.54 bits per heavy atom. The van der Waals surface area contributed by atoms with Crippen LogP contribution < -0.4 is 10.2 Å². The van der Waals surface area contributed by atoms with Crippen LogP contribution in [-0.4, -0.2) is 15.0 Å². The number of benzene rings is 1. The molecule has 13 heavy (non-hydrogen) atoms. The first kappa shape index (κ1) is 9.85. The van der Waals surface area contributed by atoms with Crippen LogP contribution >= 0.6 is 7.60 Å². The fourth-order valence-corrected chi connectivity index (χ4v) is 1.36. The van der Waals surface area contributed by atoms with Crippen molar-refractivity contribution in [2.75, 3.05) is 0 Å². The van der Waals surface area contributed by atoms with Crippen LogP contribution in [0.1, 0.15) is 0 Å². The second-order valence-corrected chi connectivity index (χ2v) is 3.87. The quantitative estimate of drug-likeness (QED) is 0.505. The molecular weight excluding hydrogens is 197 g/mol. The Hall–Kier alpha value is -1.23. The van der Waals surface area contributed by atoms with E-state index in [0.29, 0.717) is 0 Å². The molecular formula is C6H6NO5P. The van der Waals surface area contributed by atoms with E-state index in [0.717, 1.165) is 12.1 Å². The summed E-state index contributed by atoms with van der Waals surface area (Å²) in [6.07, 6.45) is 0. The monoisotopic (exact) mass is 203 g/mol. The first-order chi connectivity index (χ1) is 5.91. The van der Waals surface area contributed by atoms with Crippen molar-refractivity contribution in [1.82, 2.24) is 0 Å². The van der Waals surface area contributed by atoms with Crippen LogP contribution in [0, 0.1) is 4.91 Å². The van der Waals surface area contributed by atoms with Crippen LogP contribution in [0.2, 0.25) is 0 Å². The third kappa shape index (κ3) is 2.35. The highest BCUT2D eigenvalue weighted by molar-refractivity contribution is 7.58. The summed E-state index contributed by atoms with van der Waals surface area (Å²) in [6.45, 7) is 0. The zero-order chi connectivity index (χ0) is 10.1. The maximum absolute atomic E-state index is 10.6. The van der Waals surface area contributed by atoms with Gasteiger partial charge in [0, 0.05) is 17.4 Å². The summed E-state index contributed by atoms with van der Waals surface area (Å²) < 4.78 is 10.6. The van der Waals surface area contributed by atoms with Crippen LogP contribution in [0.25, 0.3) is 0 Å². The predicted molar refractivity (Wildman–Crippen MR) is 41.0 cm³/mol. The minimum Gasteiger partial charge on any atom is -0.775 e. The standard InChI is InChI=1S/C6H6NO5P/c8-7(9)5-2-1-3-6(4-5)13(10,11)12/h1-4H,(H2-,8,9,10,11,12). The van der Waals surface area contributed by atoms with E-state index in [1.807, 2.05) is 0 Å². The molecule has 7 heteroatoms. The maximum atomic E-state index is 10.6. The third-order valence-electron chi connectivity index (χ3n) is 1.38. The number of nitrogens with zero attached hydrogens (tertiary/aromatic N) is 1. The minimum atomic E-state index is -4.61. The van der Waals surface area contributed by atoms with E-state index in [2.05, 4.69) is 0 Å². The normalized spacial score (nSPS) is 14.9. The van der Waals surface area contributed by atoms with Gasteiger partial charge in [0.2, 0.25) is 0 Å². The molecule has 0 aliphatic carbocycles. The molecule has 0 spiro atoms. The highest BCUT2D eigenvalue weighted by atomic mass is 31.2. The van der Waals surface area contributed by atoms with E-state index in [4.69, 9.17) is 10.1 Å². The lowest BCUT2D eigenvalue weighted by Crippen LogP contribution is -2.14. The highest BCUT2D eigenvalue weighted by Gasteiger charge is 2.15. The van der Waals surface area contributed by atoms with Gasteiger partial charge in [-0.25, -0.2) is 5.21 Å². The zero-order valence-corrected chi connectivity index (χ0v) is 7.22. The van der Waals surface area contributed by atoms with Gasteiger partial charge < -0.3 is 14.4 Å². The summed E-state index contributed by atoms with van der Waals surface area (Å²) in [5.74, 6) is 0. The number of hydrogen-bond acceptors (Lipinski definition) is 3. The highest BCUT2D eigenvalue weighted by Crippen LogP contribution is 2.28. The SMILES string of the molecule is O=[N+](O)c1cccc(P(=O)([O-])O)c1. The molecule has 0 heterocycles. The van der Waals surface area contributed by atoms with Crippen LogP contribution in [0.3, 0.4) is 0 Å². The van der Waals surface area contributed by atoms with Crippen molar-refractivity contribution in [3.05, 3.63) is 29.2 Å². The molecule has 6 nitrogen and oxygen atoms in total. The van der Waals surface area contributed by atoms with E-state index in [1.165, 1.54) is 12.1 Å². The summed E-state index contributed by atoms with van der Waals surface area (Å²) in [5, 5.41) is 8.00. The fourth-order valence-electron chi connectivity index (χ4n) is 0.788. The summed E-state index contributed by atoms with van der Waals surface area (Å²) in [4.78, 5) is 29.0. The van der Waals surface area contributed by atoms with E-state index in [9.17, 15) is 14.4 Å². The number of hydrogen-bond donors (Lipinski definition) is 2. The van der Waals surface area contributed by atoms with E-state index < -0.39 is 17.8 Å².